The van der Waals surface area contributed by atoms with Crippen molar-refractivity contribution < 1.29 is 9.53 Å². The van der Waals surface area contributed by atoms with E-state index in [0.29, 0.717) is 29.8 Å². The molecule has 0 aromatic heterocycles. The fourth-order valence-corrected chi connectivity index (χ4v) is 6.53. The first kappa shape index (κ1) is 24.6. The summed E-state index contributed by atoms with van der Waals surface area (Å²) in [5, 5.41) is 3.42. The van der Waals surface area contributed by atoms with Gasteiger partial charge in [0.05, 0.1) is 13.2 Å². The lowest BCUT2D eigenvalue weighted by Gasteiger charge is -2.57. The molecule has 4 heterocycles. The molecular formula is C24H37Cl2N3O2. The first-order valence-electron chi connectivity index (χ1n) is 11.6. The minimum Gasteiger partial charge on any atom is -0.497 e. The van der Waals surface area contributed by atoms with Crippen LogP contribution in [0.2, 0.25) is 0 Å². The monoisotopic (exact) mass is 469 g/mol. The summed E-state index contributed by atoms with van der Waals surface area (Å²) in [6.07, 6.45) is 8.45. The number of likely N-dealkylation sites (tertiary alicyclic amines) is 1. The molecule has 4 fully saturated rings. The van der Waals surface area contributed by atoms with Gasteiger partial charge in [0.2, 0.25) is 5.91 Å². The van der Waals surface area contributed by atoms with E-state index in [2.05, 4.69) is 33.3 Å². The normalized spacial score (nSPS) is 32.4. The summed E-state index contributed by atoms with van der Waals surface area (Å²) < 4.78 is 5.46. The quantitative estimate of drug-likeness (QED) is 0.732. The minimum atomic E-state index is 0. The highest BCUT2D eigenvalue weighted by Gasteiger charge is 2.48. The highest BCUT2D eigenvalue weighted by Crippen LogP contribution is 2.42. The molecule has 0 saturated carbocycles. The van der Waals surface area contributed by atoms with Crippen LogP contribution in [-0.2, 0) is 11.2 Å². The van der Waals surface area contributed by atoms with Crippen molar-refractivity contribution in [3.05, 3.63) is 29.8 Å². The van der Waals surface area contributed by atoms with Crippen LogP contribution in [0, 0.1) is 11.8 Å². The molecule has 1 amide bonds. The van der Waals surface area contributed by atoms with E-state index >= 15 is 0 Å². The number of benzene rings is 1. The van der Waals surface area contributed by atoms with Crippen LogP contribution >= 0.6 is 24.8 Å². The largest absolute Gasteiger partial charge is 0.497 e. The fraction of sp³-hybridized carbons (Fsp3) is 0.708. The lowest BCUT2D eigenvalue weighted by atomic mass is 9.71. The van der Waals surface area contributed by atoms with Crippen LogP contribution in [0.15, 0.2) is 24.3 Å². The number of halogens is 2. The molecule has 0 spiro atoms. The lowest BCUT2D eigenvalue weighted by Crippen LogP contribution is -2.65. The summed E-state index contributed by atoms with van der Waals surface area (Å²) in [5.41, 5.74) is 1.36. The van der Waals surface area contributed by atoms with Crippen molar-refractivity contribution in [1.82, 2.24) is 15.1 Å². The molecule has 1 N–H and O–H groups in total. The van der Waals surface area contributed by atoms with Gasteiger partial charge in [-0.05, 0) is 81.1 Å². The molecule has 7 heteroatoms. The predicted octanol–water partition coefficient (Wildman–Crippen LogP) is 3.53. The summed E-state index contributed by atoms with van der Waals surface area (Å²) in [7, 11) is 1.74. The Hall–Kier alpha value is -1.01. The number of nitrogens with zero attached hydrogens (tertiary/aromatic N) is 2. The third-order valence-electron chi connectivity index (χ3n) is 7.87. The molecule has 4 saturated heterocycles. The van der Waals surface area contributed by atoms with Gasteiger partial charge in [-0.25, -0.2) is 0 Å². The fourth-order valence-electron chi connectivity index (χ4n) is 6.53. The second kappa shape index (κ2) is 10.7. The van der Waals surface area contributed by atoms with Gasteiger partial charge in [-0.1, -0.05) is 18.6 Å². The third-order valence-corrected chi connectivity index (χ3v) is 7.87. The predicted molar refractivity (Wildman–Crippen MR) is 129 cm³/mol. The molecule has 1 aromatic rings. The summed E-state index contributed by atoms with van der Waals surface area (Å²) in [6.45, 7) is 4.13. The number of amides is 1. The number of rotatable bonds is 4. The van der Waals surface area contributed by atoms with E-state index in [0.717, 1.165) is 44.6 Å². The number of nitrogens with one attached hydrogen (secondary N) is 1. The minimum absolute atomic E-state index is 0. The summed E-state index contributed by atoms with van der Waals surface area (Å²) in [6, 6.07) is 9.82. The number of carbonyl (C=O) groups is 1. The van der Waals surface area contributed by atoms with Crippen molar-refractivity contribution in [2.24, 2.45) is 11.8 Å². The molecule has 0 unspecified atom stereocenters. The number of hydrogen-bond acceptors (Lipinski definition) is 4. The number of carbonyl (C=O) groups excluding carboxylic acids is 1. The molecule has 2 bridgehead atoms. The highest BCUT2D eigenvalue weighted by atomic mass is 35.5. The van der Waals surface area contributed by atoms with Gasteiger partial charge < -0.3 is 15.0 Å². The van der Waals surface area contributed by atoms with E-state index < -0.39 is 0 Å². The van der Waals surface area contributed by atoms with E-state index in [4.69, 9.17) is 4.74 Å². The maximum atomic E-state index is 13.2. The average Bonchev–Trinajstić information content (AvgIpc) is 3.31. The van der Waals surface area contributed by atoms with Crippen LogP contribution in [0.3, 0.4) is 0 Å². The average molecular weight is 470 g/mol. The van der Waals surface area contributed by atoms with E-state index in [9.17, 15) is 4.79 Å². The number of piperidine rings is 3. The molecule has 0 radical (unpaired) electrons. The summed E-state index contributed by atoms with van der Waals surface area (Å²) in [4.78, 5) is 18.2. The van der Waals surface area contributed by atoms with E-state index in [-0.39, 0.29) is 30.9 Å². The molecular weight excluding hydrogens is 433 g/mol. The summed E-state index contributed by atoms with van der Waals surface area (Å²) >= 11 is 0. The van der Waals surface area contributed by atoms with Crippen molar-refractivity contribution in [2.75, 3.05) is 33.3 Å². The van der Waals surface area contributed by atoms with Gasteiger partial charge in [0.15, 0.2) is 0 Å². The van der Waals surface area contributed by atoms with Gasteiger partial charge in [0.1, 0.15) is 5.75 Å². The van der Waals surface area contributed by atoms with Gasteiger partial charge in [0, 0.05) is 25.2 Å². The molecule has 0 aliphatic carbocycles. The van der Waals surface area contributed by atoms with Crippen molar-refractivity contribution in [3.63, 3.8) is 0 Å². The number of methoxy groups -OCH3 is 1. The van der Waals surface area contributed by atoms with Gasteiger partial charge in [-0.15, -0.1) is 24.8 Å². The van der Waals surface area contributed by atoms with Crippen molar-refractivity contribution in [1.29, 1.82) is 0 Å². The Bertz CT molecular complexity index is 743. The van der Waals surface area contributed by atoms with Crippen LogP contribution < -0.4 is 10.1 Å². The van der Waals surface area contributed by atoms with Gasteiger partial charge >= 0.3 is 0 Å². The maximum absolute atomic E-state index is 13.2. The van der Waals surface area contributed by atoms with Gasteiger partial charge in [0.25, 0.3) is 0 Å². The van der Waals surface area contributed by atoms with Crippen LogP contribution in [0.4, 0.5) is 0 Å². The third kappa shape index (κ3) is 5.00. The zero-order valence-electron chi connectivity index (χ0n) is 18.5. The van der Waals surface area contributed by atoms with E-state index in [1.165, 1.54) is 37.8 Å². The summed E-state index contributed by atoms with van der Waals surface area (Å²) in [5.74, 6) is 2.54. The highest BCUT2D eigenvalue weighted by molar-refractivity contribution is 5.85. The number of ether oxygens (including phenoxy) is 1. The second-order valence-electron chi connectivity index (χ2n) is 9.57. The molecule has 31 heavy (non-hydrogen) atoms. The van der Waals surface area contributed by atoms with Crippen molar-refractivity contribution in [3.8, 4) is 5.75 Å². The molecule has 4 aliphatic rings. The smallest absolute Gasteiger partial charge is 0.239 e. The Morgan fingerprint density at radius 3 is 2.74 bits per heavy atom. The Balaban J connectivity index is 0.00000136. The Morgan fingerprint density at radius 2 is 1.97 bits per heavy atom. The van der Waals surface area contributed by atoms with E-state index in [1.807, 2.05) is 6.07 Å². The SMILES string of the molecule is COc1cccc(C[C@H]2[C@H]3C[C@H](CN(C(=O)[C@@H]4CCCN4)C3)[C@@H]3CCCCN32)c1.Cl.Cl. The Morgan fingerprint density at radius 1 is 1.13 bits per heavy atom. The lowest BCUT2D eigenvalue weighted by molar-refractivity contribution is -0.142. The van der Waals surface area contributed by atoms with Gasteiger partial charge in [-0.2, -0.15) is 0 Å². The van der Waals surface area contributed by atoms with Crippen LogP contribution in [0.5, 0.6) is 5.75 Å². The zero-order chi connectivity index (χ0) is 19.8. The topological polar surface area (TPSA) is 44.8 Å². The molecule has 1 aromatic carbocycles. The van der Waals surface area contributed by atoms with Gasteiger partial charge in [-0.3, -0.25) is 9.69 Å². The molecule has 174 valence electrons. The number of hydrogen-bond donors (Lipinski definition) is 1. The first-order chi connectivity index (χ1) is 14.2. The molecule has 5 atom stereocenters. The van der Waals surface area contributed by atoms with Crippen LogP contribution in [-0.4, -0.2) is 67.1 Å². The Kier molecular flexibility index (Phi) is 8.53. The Labute approximate surface area is 199 Å². The zero-order valence-corrected chi connectivity index (χ0v) is 20.1. The molecule has 5 nitrogen and oxygen atoms in total. The van der Waals surface area contributed by atoms with E-state index in [1.54, 1.807) is 7.11 Å². The number of fused-ring (bicyclic) bond motifs is 4. The second-order valence-corrected chi connectivity index (χ2v) is 9.57. The maximum Gasteiger partial charge on any atom is 0.239 e. The van der Waals surface area contributed by atoms with Crippen molar-refractivity contribution in [2.45, 2.75) is 63.1 Å². The molecule has 5 rings (SSSR count). The van der Waals surface area contributed by atoms with Crippen molar-refractivity contribution >= 4 is 30.7 Å². The molecule has 4 aliphatic heterocycles. The van der Waals surface area contributed by atoms with Crippen LogP contribution in [0.25, 0.3) is 0 Å². The van der Waals surface area contributed by atoms with Crippen LogP contribution in [0.1, 0.15) is 44.1 Å². The standard InChI is InChI=1S/C24H35N3O2.2ClH/c1-29-20-7-4-6-17(12-20)13-23-19-14-18(22-9-2-3-11-27(22)23)15-26(16-19)24(28)21-8-5-10-25-21;;/h4,6-7,12,18-19,21-23,25H,2-3,5,8-11,13-16H2,1H3;2*1H/t18-,19+,21+,22+,23+;;/m1../s1. The first-order valence-corrected chi connectivity index (χ1v) is 11.6.